The van der Waals surface area contributed by atoms with Gasteiger partial charge in [-0.25, -0.2) is 0 Å². The first-order valence-electron chi connectivity index (χ1n) is 7.09. The maximum atomic E-state index is 5.69. The molecule has 1 heterocycles. The number of rotatable bonds is 8. The number of hydrogen-bond donors (Lipinski definition) is 1. The number of hydrogen-bond acceptors (Lipinski definition) is 3. The zero-order chi connectivity index (χ0) is 14.0. The van der Waals surface area contributed by atoms with Crippen molar-refractivity contribution < 1.29 is 4.74 Å². The number of benzene rings is 1. The van der Waals surface area contributed by atoms with Gasteiger partial charge < -0.3 is 10.1 Å². The van der Waals surface area contributed by atoms with E-state index >= 15 is 0 Å². The lowest BCUT2D eigenvalue weighted by molar-refractivity contribution is 0.116. The van der Waals surface area contributed by atoms with E-state index in [4.69, 9.17) is 4.74 Å². The van der Waals surface area contributed by atoms with Crippen molar-refractivity contribution in [3.8, 4) is 0 Å². The van der Waals surface area contributed by atoms with Crippen LogP contribution in [0.3, 0.4) is 0 Å². The summed E-state index contributed by atoms with van der Waals surface area (Å²) in [6, 6.07) is 16.6. The molecule has 0 atom stereocenters. The zero-order valence-electron chi connectivity index (χ0n) is 12.0. The predicted molar refractivity (Wildman–Crippen MR) is 81.4 cm³/mol. The average molecular weight is 270 g/mol. The van der Waals surface area contributed by atoms with E-state index in [0.717, 1.165) is 37.4 Å². The van der Waals surface area contributed by atoms with Crippen molar-refractivity contribution in [2.24, 2.45) is 0 Å². The summed E-state index contributed by atoms with van der Waals surface area (Å²) in [6.07, 6.45) is 2.11. The highest BCUT2D eigenvalue weighted by molar-refractivity contribution is 5.14. The van der Waals surface area contributed by atoms with Crippen molar-refractivity contribution in [2.75, 3.05) is 13.7 Å². The lowest BCUT2D eigenvalue weighted by Gasteiger charge is -2.06. The van der Waals surface area contributed by atoms with E-state index in [1.807, 2.05) is 31.3 Å². The first-order valence-corrected chi connectivity index (χ1v) is 7.09. The van der Waals surface area contributed by atoms with E-state index in [1.165, 1.54) is 5.56 Å². The lowest BCUT2D eigenvalue weighted by Crippen LogP contribution is -2.08. The fourth-order valence-corrected chi connectivity index (χ4v) is 2.09. The molecular weight excluding hydrogens is 248 g/mol. The Balaban J connectivity index is 1.67. The molecule has 20 heavy (non-hydrogen) atoms. The summed E-state index contributed by atoms with van der Waals surface area (Å²) in [5, 5.41) is 3.10. The van der Waals surface area contributed by atoms with E-state index in [1.54, 1.807) is 0 Å². The zero-order valence-corrected chi connectivity index (χ0v) is 12.0. The van der Waals surface area contributed by atoms with Gasteiger partial charge in [-0.3, -0.25) is 4.98 Å². The molecule has 1 aromatic carbocycles. The molecule has 3 nitrogen and oxygen atoms in total. The van der Waals surface area contributed by atoms with Gasteiger partial charge in [0.1, 0.15) is 0 Å². The molecule has 0 fully saturated rings. The Bertz CT molecular complexity index is 499. The monoisotopic (exact) mass is 270 g/mol. The summed E-state index contributed by atoms with van der Waals surface area (Å²) in [5.74, 6) is 0. The molecule has 3 heteroatoms. The smallest absolute Gasteiger partial charge is 0.0887 e. The van der Waals surface area contributed by atoms with Gasteiger partial charge in [-0.05, 0) is 37.6 Å². The van der Waals surface area contributed by atoms with Crippen LogP contribution in [-0.4, -0.2) is 18.6 Å². The van der Waals surface area contributed by atoms with Crippen LogP contribution in [0.25, 0.3) is 0 Å². The minimum Gasteiger partial charge on any atom is -0.375 e. The molecule has 0 amide bonds. The average Bonchev–Trinajstić information content (AvgIpc) is 2.49. The van der Waals surface area contributed by atoms with E-state index in [-0.39, 0.29) is 0 Å². The fraction of sp³-hybridized carbons (Fsp3) is 0.353. The van der Waals surface area contributed by atoms with Crippen LogP contribution in [0.2, 0.25) is 0 Å². The van der Waals surface area contributed by atoms with Crippen molar-refractivity contribution >= 4 is 0 Å². The maximum Gasteiger partial charge on any atom is 0.0887 e. The molecule has 1 aromatic heterocycles. The fourth-order valence-electron chi connectivity index (χ4n) is 2.09. The Labute approximate surface area is 121 Å². The second-order valence-corrected chi connectivity index (χ2v) is 4.79. The van der Waals surface area contributed by atoms with Crippen LogP contribution in [0.1, 0.15) is 23.4 Å². The Morgan fingerprint density at radius 3 is 2.60 bits per heavy atom. The molecule has 2 rings (SSSR count). The standard InChI is InChI=1S/C17H22N2O/c1-18-13-16-10-5-11-17(19-16)14-20-12-6-9-15-7-3-2-4-8-15/h2-5,7-8,10-11,18H,6,9,12-14H2,1H3. The molecule has 0 aliphatic heterocycles. The topological polar surface area (TPSA) is 34.1 Å². The molecule has 0 aliphatic carbocycles. The molecule has 0 spiro atoms. The molecule has 0 bridgehead atoms. The van der Waals surface area contributed by atoms with Gasteiger partial charge >= 0.3 is 0 Å². The van der Waals surface area contributed by atoms with Crippen LogP contribution in [-0.2, 0) is 24.3 Å². The number of aromatic nitrogens is 1. The van der Waals surface area contributed by atoms with Crippen LogP contribution in [0.4, 0.5) is 0 Å². The van der Waals surface area contributed by atoms with Crippen molar-refractivity contribution in [2.45, 2.75) is 26.0 Å². The first kappa shape index (κ1) is 14.7. The molecule has 0 unspecified atom stereocenters. The highest BCUT2D eigenvalue weighted by Crippen LogP contribution is 2.04. The highest BCUT2D eigenvalue weighted by Gasteiger charge is 1.98. The Morgan fingerprint density at radius 1 is 1.00 bits per heavy atom. The van der Waals surface area contributed by atoms with Crippen LogP contribution in [0.15, 0.2) is 48.5 Å². The molecule has 0 aliphatic rings. The van der Waals surface area contributed by atoms with Crippen molar-refractivity contribution in [1.82, 2.24) is 10.3 Å². The van der Waals surface area contributed by atoms with Gasteiger partial charge in [0, 0.05) is 13.2 Å². The van der Waals surface area contributed by atoms with E-state index < -0.39 is 0 Å². The maximum absolute atomic E-state index is 5.69. The second kappa shape index (κ2) is 8.46. The van der Waals surface area contributed by atoms with Gasteiger partial charge in [0.25, 0.3) is 0 Å². The van der Waals surface area contributed by atoms with Gasteiger partial charge in [0.15, 0.2) is 0 Å². The van der Waals surface area contributed by atoms with Crippen LogP contribution < -0.4 is 5.32 Å². The van der Waals surface area contributed by atoms with Crippen molar-refractivity contribution in [3.05, 3.63) is 65.5 Å². The van der Waals surface area contributed by atoms with Crippen molar-refractivity contribution in [1.29, 1.82) is 0 Å². The second-order valence-electron chi connectivity index (χ2n) is 4.79. The van der Waals surface area contributed by atoms with E-state index in [9.17, 15) is 0 Å². The van der Waals surface area contributed by atoms with Gasteiger partial charge in [-0.15, -0.1) is 0 Å². The van der Waals surface area contributed by atoms with E-state index in [0.29, 0.717) is 6.61 Å². The van der Waals surface area contributed by atoms with Crippen LogP contribution in [0.5, 0.6) is 0 Å². The minimum atomic E-state index is 0.590. The molecule has 0 saturated heterocycles. The molecule has 0 saturated carbocycles. The van der Waals surface area contributed by atoms with Gasteiger partial charge in [0.05, 0.1) is 18.0 Å². The third-order valence-electron chi connectivity index (χ3n) is 3.07. The summed E-state index contributed by atoms with van der Waals surface area (Å²) >= 11 is 0. The van der Waals surface area contributed by atoms with Gasteiger partial charge in [0.2, 0.25) is 0 Å². The number of pyridine rings is 1. The number of aryl methyl sites for hydroxylation is 1. The Morgan fingerprint density at radius 2 is 1.80 bits per heavy atom. The van der Waals surface area contributed by atoms with Crippen LogP contribution in [0, 0.1) is 0 Å². The highest BCUT2D eigenvalue weighted by atomic mass is 16.5. The summed E-state index contributed by atoms with van der Waals surface area (Å²) in [4.78, 5) is 4.53. The predicted octanol–water partition coefficient (Wildman–Crippen LogP) is 2.95. The molecule has 0 radical (unpaired) electrons. The van der Waals surface area contributed by atoms with Crippen molar-refractivity contribution in [3.63, 3.8) is 0 Å². The number of ether oxygens (including phenoxy) is 1. The SMILES string of the molecule is CNCc1cccc(COCCCc2ccccc2)n1. The van der Waals surface area contributed by atoms with Gasteiger partial charge in [-0.2, -0.15) is 0 Å². The normalized spacial score (nSPS) is 10.7. The Kier molecular flexibility index (Phi) is 6.21. The third-order valence-corrected chi connectivity index (χ3v) is 3.07. The quantitative estimate of drug-likeness (QED) is 0.749. The molecular formula is C17H22N2O. The first-order chi connectivity index (χ1) is 9.88. The summed E-state index contributed by atoms with van der Waals surface area (Å²) < 4.78 is 5.69. The van der Waals surface area contributed by atoms with Gasteiger partial charge in [-0.1, -0.05) is 36.4 Å². The summed E-state index contributed by atoms with van der Waals surface area (Å²) in [7, 11) is 1.93. The molecule has 1 N–H and O–H groups in total. The summed E-state index contributed by atoms with van der Waals surface area (Å²) in [6.45, 7) is 2.15. The minimum absolute atomic E-state index is 0.590. The lowest BCUT2D eigenvalue weighted by atomic mass is 10.1. The molecule has 106 valence electrons. The largest absolute Gasteiger partial charge is 0.375 e. The Hall–Kier alpha value is -1.71. The summed E-state index contributed by atoms with van der Waals surface area (Å²) in [5.41, 5.74) is 3.42. The van der Waals surface area contributed by atoms with Crippen LogP contribution >= 0.6 is 0 Å². The third kappa shape index (κ3) is 5.11. The number of nitrogens with zero attached hydrogens (tertiary/aromatic N) is 1. The number of nitrogens with one attached hydrogen (secondary N) is 1. The molecule has 2 aromatic rings. The van der Waals surface area contributed by atoms with E-state index in [2.05, 4.69) is 34.6 Å².